The summed E-state index contributed by atoms with van der Waals surface area (Å²) in [6.45, 7) is 7.17. The van der Waals surface area contributed by atoms with E-state index >= 15 is 0 Å². The summed E-state index contributed by atoms with van der Waals surface area (Å²) < 4.78 is 0. The minimum absolute atomic E-state index is 0.0108. The topological polar surface area (TPSA) is 29.1 Å². The van der Waals surface area contributed by atoms with Crippen molar-refractivity contribution < 1.29 is 4.79 Å². The molecule has 0 aromatic heterocycles. The van der Waals surface area contributed by atoms with Gasteiger partial charge in [-0.2, -0.15) is 0 Å². The normalized spacial score (nSPS) is 12.5. The Morgan fingerprint density at radius 3 is 2.41 bits per heavy atom. The molecule has 1 atom stereocenters. The van der Waals surface area contributed by atoms with Crippen molar-refractivity contribution in [2.24, 2.45) is 5.92 Å². The smallest absolute Gasteiger partial charge is 0.227 e. The molecule has 0 heterocycles. The number of rotatable bonds is 6. The molecule has 0 bridgehead atoms. The maximum Gasteiger partial charge on any atom is 0.227 e. The van der Waals surface area contributed by atoms with Crippen LogP contribution in [-0.4, -0.2) is 12.5 Å². The van der Waals surface area contributed by atoms with Gasteiger partial charge in [-0.25, -0.2) is 0 Å². The van der Waals surface area contributed by atoms with E-state index in [4.69, 9.17) is 0 Å². The van der Waals surface area contributed by atoms with Gasteiger partial charge in [-0.3, -0.25) is 4.79 Å². The fourth-order valence-corrected chi connectivity index (χ4v) is 1.87. The first kappa shape index (κ1) is 13.8. The first-order valence-electron chi connectivity index (χ1n) is 6.47. The molecule has 2 heteroatoms. The maximum atomic E-state index is 12.0. The molecule has 0 fully saturated rings. The fourth-order valence-electron chi connectivity index (χ4n) is 1.87. The summed E-state index contributed by atoms with van der Waals surface area (Å²) >= 11 is 0. The second-order valence-corrected chi connectivity index (χ2v) is 4.85. The van der Waals surface area contributed by atoms with Crippen molar-refractivity contribution in [3.63, 3.8) is 0 Å². The monoisotopic (exact) mass is 233 g/mol. The van der Waals surface area contributed by atoms with E-state index in [1.54, 1.807) is 0 Å². The van der Waals surface area contributed by atoms with Gasteiger partial charge in [0, 0.05) is 6.54 Å². The number of hydrogen-bond donors (Lipinski definition) is 1. The van der Waals surface area contributed by atoms with Crippen LogP contribution in [0.4, 0.5) is 0 Å². The minimum Gasteiger partial charge on any atom is -0.356 e. The van der Waals surface area contributed by atoms with Crippen LogP contribution in [0.5, 0.6) is 0 Å². The Morgan fingerprint density at radius 1 is 1.24 bits per heavy atom. The van der Waals surface area contributed by atoms with E-state index in [2.05, 4.69) is 26.1 Å². The summed E-state index contributed by atoms with van der Waals surface area (Å²) in [6.07, 6.45) is 1.88. The average Bonchev–Trinajstić information content (AvgIpc) is 2.31. The number of hydrogen-bond acceptors (Lipinski definition) is 1. The third-order valence-corrected chi connectivity index (χ3v) is 2.95. The van der Waals surface area contributed by atoms with Crippen LogP contribution in [0.3, 0.4) is 0 Å². The quantitative estimate of drug-likeness (QED) is 0.802. The number of carbonyl (C=O) groups is 1. The van der Waals surface area contributed by atoms with Gasteiger partial charge in [0.25, 0.3) is 0 Å². The summed E-state index contributed by atoms with van der Waals surface area (Å²) in [5, 5.41) is 3.02. The van der Waals surface area contributed by atoms with Gasteiger partial charge >= 0.3 is 0 Å². The predicted molar refractivity (Wildman–Crippen MR) is 71.9 cm³/mol. The molecule has 17 heavy (non-hydrogen) atoms. The highest BCUT2D eigenvalue weighted by Crippen LogP contribution is 2.19. The third kappa shape index (κ3) is 4.59. The number of carbonyl (C=O) groups excluding carboxylic acids is 1. The van der Waals surface area contributed by atoms with Crippen molar-refractivity contribution in [2.75, 3.05) is 6.54 Å². The molecule has 0 radical (unpaired) electrons. The Morgan fingerprint density at radius 2 is 1.88 bits per heavy atom. The summed E-state index contributed by atoms with van der Waals surface area (Å²) in [4.78, 5) is 12.0. The first-order chi connectivity index (χ1) is 8.15. The van der Waals surface area contributed by atoms with Crippen molar-refractivity contribution in [3.8, 4) is 0 Å². The standard InChI is InChI=1S/C15H23NO/c1-4-14(13-8-6-5-7-9-13)15(17)16-11-10-12(2)3/h5-9,12,14H,4,10-11H2,1-3H3,(H,16,17)/t14-/m1/s1. The van der Waals surface area contributed by atoms with Gasteiger partial charge in [0.2, 0.25) is 5.91 Å². The Balaban J connectivity index is 2.53. The lowest BCUT2D eigenvalue weighted by atomic mass is 9.95. The molecular weight excluding hydrogens is 210 g/mol. The van der Waals surface area contributed by atoms with Crippen molar-refractivity contribution in [1.82, 2.24) is 5.32 Å². The molecule has 0 saturated carbocycles. The van der Waals surface area contributed by atoms with Crippen LogP contribution in [0.15, 0.2) is 30.3 Å². The second kappa shape index (κ2) is 7.10. The molecule has 94 valence electrons. The van der Waals surface area contributed by atoms with Gasteiger partial charge in [0.05, 0.1) is 5.92 Å². The number of nitrogens with one attached hydrogen (secondary N) is 1. The molecule has 1 amide bonds. The van der Waals surface area contributed by atoms with Crippen molar-refractivity contribution in [1.29, 1.82) is 0 Å². The van der Waals surface area contributed by atoms with Gasteiger partial charge < -0.3 is 5.32 Å². The summed E-state index contributed by atoms with van der Waals surface area (Å²) in [5.41, 5.74) is 1.11. The molecule has 1 rings (SSSR count). The zero-order valence-corrected chi connectivity index (χ0v) is 11.1. The molecule has 1 N–H and O–H groups in total. The Labute approximate surface area is 104 Å². The van der Waals surface area contributed by atoms with Gasteiger partial charge in [-0.15, -0.1) is 0 Å². The molecule has 0 spiro atoms. The predicted octanol–water partition coefficient (Wildman–Crippen LogP) is 3.34. The maximum absolute atomic E-state index is 12.0. The molecule has 1 aromatic rings. The Kier molecular flexibility index (Phi) is 5.75. The fraction of sp³-hybridized carbons (Fsp3) is 0.533. The molecule has 0 aliphatic rings. The summed E-state index contributed by atoms with van der Waals surface area (Å²) in [7, 11) is 0. The molecule has 2 nitrogen and oxygen atoms in total. The first-order valence-corrected chi connectivity index (χ1v) is 6.47. The van der Waals surface area contributed by atoms with Crippen LogP contribution in [-0.2, 0) is 4.79 Å². The number of amides is 1. The van der Waals surface area contributed by atoms with E-state index in [0.29, 0.717) is 5.92 Å². The highest BCUT2D eigenvalue weighted by Gasteiger charge is 2.17. The van der Waals surface area contributed by atoms with Gasteiger partial charge in [-0.05, 0) is 24.3 Å². The molecular formula is C15H23NO. The average molecular weight is 233 g/mol. The third-order valence-electron chi connectivity index (χ3n) is 2.95. The van der Waals surface area contributed by atoms with Gasteiger partial charge in [0.1, 0.15) is 0 Å². The van der Waals surface area contributed by atoms with Crippen LogP contribution < -0.4 is 5.32 Å². The van der Waals surface area contributed by atoms with Crippen LogP contribution in [0.25, 0.3) is 0 Å². The van der Waals surface area contributed by atoms with Crippen LogP contribution in [0.2, 0.25) is 0 Å². The summed E-state index contributed by atoms with van der Waals surface area (Å²) in [5.74, 6) is 0.773. The van der Waals surface area contributed by atoms with Crippen molar-refractivity contribution in [3.05, 3.63) is 35.9 Å². The summed E-state index contributed by atoms with van der Waals surface area (Å²) in [6, 6.07) is 10.00. The molecule has 0 aliphatic heterocycles. The zero-order chi connectivity index (χ0) is 12.7. The van der Waals surface area contributed by atoms with Crippen LogP contribution in [0.1, 0.15) is 45.1 Å². The Bertz CT molecular complexity index is 332. The van der Waals surface area contributed by atoms with Crippen molar-refractivity contribution >= 4 is 5.91 Å². The Hall–Kier alpha value is -1.31. The van der Waals surface area contributed by atoms with E-state index < -0.39 is 0 Å². The van der Waals surface area contributed by atoms with Crippen LogP contribution in [0, 0.1) is 5.92 Å². The van der Waals surface area contributed by atoms with Crippen molar-refractivity contribution in [2.45, 2.75) is 39.5 Å². The zero-order valence-electron chi connectivity index (χ0n) is 11.1. The second-order valence-electron chi connectivity index (χ2n) is 4.85. The SMILES string of the molecule is CC[C@@H](C(=O)NCCC(C)C)c1ccccc1. The molecule has 0 unspecified atom stereocenters. The molecule has 0 saturated heterocycles. The number of benzene rings is 1. The van der Waals surface area contributed by atoms with E-state index in [1.165, 1.54) is 0 Å². The van der Waals surface area contributed by atoms with Gasteiger partial charge in [0.15, 0.2) is 0 Å². The molecule has 1 aromatic carbocycles. The van der Waals surface area contributed by atoms with E-state index in [0.717, 1.165) is 24.9 Å². The van der Waals surface area contributed by atoms with E-state index in [-0.39, 0.29) is 11.8 Å². The molecule has 0 aliphatic carbocycles. The van der Waals surface area contributed by atoms with Crippen LogP contribution >= 0.6 is 0 Å². The van der Waals surface area contributed by atoms with Gasteiger partial charge in [-0.1, -0.05) is 51.1 Å². The van der Waals surface area contributed by atoms with E-state index in [1.807, 2.05) is 30.3 Å². The minimum atomic E-state index is -0.0108. The lowest BCUT2D eigenvalue weighted by molar-refractivity contribution is -0.122. The lowest BCUT2D eigenvalue weighted by Crippen LogP contribution is -2.30. The van der Waals surface area contributed by atoms with E-state index in [9.17, 15) is 4.79 Å². The lowest BCUT2D eigenvalue weighted by Gasteiger charge is -2.15. The largest absolute Gasteiger partial charge is 0.356 e. The highest BCUT2D eigenvalue weighted by atomic mass is 16.1. The highest BCUT2D eigenvalue weighted by molar-refractivity contribution is 5.83.